The molecule has 2 rings (SSSR count). The van der Waals surface area contributed by atoms with E-state index in [1.165, 1.54) is 19.2 Å². The fourth-order valence-corrected chi connectivity index (χ4v) is 2.02. The van der Waals surface area contributed by atoms with Gasteiger partial charge < -0.3 is 9.57 Å². The van der Waals surface area contributed by atoms with E-state index in [-0.39, 0.29) is 18.1 Å². The molecular weight excluding hydrogens is 321 g/mol. The number of alkyl halides is 3. The van der Waals surface area contributed by atoms with Crippen molar-refractivity contribution in [2.45, 2.75) is 12.8 Å². The first-order valence-electron chi connectivity index (χ1n) is 6.85. The number of hydrogen-bond donors (Lipinski definition) is 0. The summed E-state index contributed by atoms with van der Waals surface area (Å²) in [5, 5.41) is 12.7. The van der Waals surface area contributed by atoms with Gasteiger partial charge >= 0.3 is 6.18 Å². The molecule has 0 spiro atoms. The van der Waals surface area contributed by atoms with Crippen LogP contribution in [0.3, 0.4) is 0 Å². The predicted molar refractivity (Wildman–Crippen MR) is 81.4 cm³/mol. The topological polar surface area (TPSA) is 54.6 Å². The van der Waals surface area contributed by atoms with Crippen molar-refractivity contribution < 1.29 is 22.7 Å². The Bertz CT molecular complexity index is 780. The fraction of sp³-hybridized carbons (Fsp3) is 0.176. The van der Waals surface area contributed by atoms with Gasteiger partial charge in [0.05, 0.1) is 5.56 Å². The quantitative estimate of drug-likeness (QED) is 0.609. The van der Waals surface area contributed by atoms with Crippen LogP contribution in [0.4, 0.5) is 13.2 Å². The van der Waals surface area contributed by atoms with Crippen LogP contribution in [0.1, 0.15) is 16.7 Å². The third-order valence-corrected chi connectivity index (χ3v) is 3.12. The van der Waals surface area contributed by atoms with Gasteiger partial charge in [-0.25, -0.2) is 0 Å². The minimum Gasteiger partial charge on any atom is -0.489 e. The second-order valence-electron chi connectivity index (χ2n) is 4.71. The van der Waals surface area contributed by atoms with Crippen LogP contribution in [0.15, 0.2) is 53.7 Å². The molecule has 7 heteroatoms. The molecule has 0 N–H and O–H groups in total. The summed E-state index contributed by atoms with van der Waals surface area (Å²) in [4.78, 5) is 4.62. The Balaban J connectivity index is 2.22. The summed E-state index contributed by atoms with van der Waals surface area (Å²) in [6, 6.07) is 13.3. The standard InChI is InChI=1S/C17H13F3N2O2/c1-23-22-16(10-21)15-8-3-2-5-12(15)11-24-14-7-4-6-13(9-14)17(18,19)20/h2-9H,11H2,1H3/b22-16-. The molecule has 0 bridgehead atoms. The lowest BCUT2D eigenvalue weighted by molar-refractivity contribution is -0.137. The molecule has 0 amide bonds. The maximum atomic E-state index is 12.7. The zero-order valence-corrected chi connectivity index (χ0v) is 12.7. The lowest BCUT2D eigenvalue weighted by Gasteiger charge is -2.12. The van der Waals surface area contributed by atoms with Gasteiger partial charge in [-0.1, -0.05) is 35.5 Å². The third-order valence-electron chi connectivity index (χ3n) is 3.12. The van der Waals surface area contributed by atoms with Crippen molar-refractivity contribution in [3.05, 3.63) is 65.2 Å². The first kappa shape index (κ1) is 17.3. The zero-order chi connectivity index (χ0) is 17.6. The van der Waals surface area contributed by atoms with Crippen LogP contribution in [-0.2, 0) is 17.6 Å². The molecular formula is C17H13F3N2O2. The Morgan fingerprint density at radius 3 is 2.58 bits per heavy atom. The second kappa shape index (κ2) is 7.51. The smallest absolute Gasteiger partial charge is 0.416 e. The van der Waals surface area contributed by atoms with Crippen molar-refractivity contribution in [3.63, 3.8) is 0 Å². The van der Waals surface area contributed by atoms with Crippen molar-refractivity contribution in [2.75, 3.05) is 7.11 Å². The molecule has 24 heavy (non-hydrogen) atoms. The van der Waals surface area contributed by atoms with Crippen LogP contribution in [0.25, 0.3) is 0 Å². The van der Waals surface area contributed by atoms with E-state index in [0.717, 1.165) is 12.1 Å². The molecule has 4 nitrogen and oxygen atoms in total. The van der Waals surface area contributed by atoms with Crippen LogP contribution < -0.4 is 4.74 Å². The van der Waals surface area contributed by atoms with Crippen molar-refractivity contribution in [2.24, 2.45) is 5.16 Å². The van der Waals surface area contributed by atoms with Gasteiger partial charge in [-0.2, -0.15) is 18.4 Å². The van der Waals surface area contributed by atoms with E-state index in [0.29, 0.717) is 11.1 Å². The molecule has 0 atom stereocenters. The highest BCUT2D eigenvalue weighted by Gasteiger charge is 2.30. The van der Waals surface area contributed by atoms with Gasteiger partial charge in [-0.05, 0) is 23.8 Å². The third kappa shape index (κ3) is 4.26. The molecule has 0 aliphatic heterocycles. The van der Waals surface area contributed by atoms with Crippen molar-refractivity contribution >= 4 is 5.71 Å². The van der Waals surface area contributed by atoms with Crippen LogP contribution >= 0.6 is 0 Å². The first-order chi connectivity index (χ1) is 11.5. The molecule has 0 aliphatic rings. The molecule has 2 aromatic rings. The Labute approximate surface area is 136 Å². The molecule has 0 heterocycles. The SMILES string of the molecule is CO/N=C(/C#N)c1ccccc1COc1cccc(C(F)(F)F)c1. The minimum atomic E-state index is -4.43. The zero-order valence-electron chi connectivity index (χ0n) is 12.7. The lowest BCUT2D eigenvalue weighted by Crippen LogP contribution is -2.07. The number of nitrogens with zero attached hydrogens (tertiary/aromatic N) is 2. The van der Waals surface area contributed by atoms with Gasteiger partial charge in [-0.3, -0.25) is 0 Å². The number of nitriles is 1. The number of rotatable bonds is 5. The van der Waals surface area contributed by atoms with Crippen LogP contribution in [0, 0.1) is 11.3 Å². The van der Waals surface area contributed by atoms with E-state index in [1.807, 2.05) is 6.07 Å². The Hall–Kier alpha value is -3.01. The second-order valence-corrected chi connectivity index (χ2v) is 4.71. The molecule has 2 aromatic carbocycles. The summed E-state index contributed by atoms with van der Waals surface area (Å²) in [5.41, 5.74) is 0.369. The van der Waals surface area contributed by atoms with Crippen LogP contribution in [0.2, 0.25) is 0 Å². The number of ether oxygens (including phenoxy) is 1. The Morgan fingerprint density at radius 1 is 1.17 bits per heavy atom. The van der Waals surface area contributed by atoms with Crippen LogP contribution in [-0.4, -0.2) is 12.8 Å². The molecule has 0 aromatic heterocycles. The average Bonchev–Trinajstić information content (AvgIpc) is 2.58. The minimum absolute atomic E-state index is 0.0120. The monoisotopic (exact) mass is 334 g/mol. The van der Waals surface area contributed by atoms with E-state index in [2.05, 4.69) is 9.99 Å². The summed E-state index contributed by atoms with van der Waals surface area (Å²) in [6.07, 6.45) is -4.43. The van der Waals surface area contributed by atoms with E-state index in [9.17, 15) is 13.2 Å². The summed E-state index contributed by atoms with van der Waals surface area (Å²) >= 11 is 0. The van der Waals surface area contributed by atoms with Gasteiger partial charge in [0.15, 0.2) is 5.71 Å². The maximum Gasteiger partial charge on any atom is 0.416 e. The highest BCUT2D eigenvalue weighted by Crippen LogP contribution is 2.31. The van der Waals surface area contributed by atoms with E-state index in [4.69, 9.17) is 10.00 Å². The van der Waals surface area contributed by atoms with Gasteiger partial charge in [0.25, 0.3) is 0 Å². The fourth-order valence-electron chi connectivity index (χ4n) is 2.02. The molecule has 0 saturated heterocycles. The highest BCUT2D eigenvalue weighted by molar-refractivity contribution is 6.12. The normalized spacial score (nSPS) is 11.7. The summed E-state index contributed by atoms with van der Waals surface area (Å²) < 4.78 is 43.6. The summed E-state index contributed by atoms with van der Waals surface area (Å²) in [6.45, 7) is -0.0120. The largest absolute Gasteiger partial charge is 0.489 e. The first-order valence-corrected chi connectivity index (χ1v) is 6.85. The Morgan fingerprint density at radius 2 is 1.92 bits per heavy atom. The van der Waals surface area contributed by atoms with Crippen molar-refractivity contribution in [1.29, 1.82) is 5.26 Å². The van der Waals surface area contributed by atoms with E-state index in [1.54, 1.807) is 24.3 Å². The number of oxime groups is 1. The van der Waals surface area contributed by atoms with Gasteiger partial charge in [0.2, 0.25) is 0 Å². The molecule has 0 aliphatic carbocycles. The van der Waals surface area contributed by atoms with Gasteiger partial charge in [0, 0.05) is 5.56 Å². The molecule has 0 unspecified atom stereocenters. The summed E-state index contributed by atoms with van der Waals surface area (Å²) in [5.74, 6) is 0.0850. The number of benzene rings is 2. The molecule has 0 fully saturated rings. The average molecular weight is 334 g/mol. The van der Waals surface area contributed by atoms with E-state index < -0.39 is 11.7 Å². The number of halogens is 3. The van der Waals surface area contributed by atoms with Gasteiger partial charge in [-0.15, -0.1) is 0 Å². The van der Waals surface area contributed by atoms with Crippen molar-refractivity contribution in [1.82, 2.24) is 0 Å². The predicted octanol–water partition coefficient (Wildman–Crippen LogP) is 4.16. The van der Waals surface area contributed by atoms with E-state index >= 15 is 0 Å². The van der Waals surface area contributed by atoms with Gasteiger partial charge in [0.1, 0.15) is 25.5 Å². The highest BCUT2D eigenvalue weighted by atomic mass is 19.4. The molecule has 0 saturated carbocycles. The molecule has 124 valence electrons. The summed E-state index contributed by atoms with van der Waals surface area (Å²) in [7, 11) is 1.32. The maximum absolute atomic E-state index is 12.7. The number of hydrogen-bond acceptors (Lipinski definition) is 4. The van der Waals surface area contributed by atoms with Crippen LogP contribution in [0.5, 0.6) is 5.75 Å². The molecule has 0 radical (unpaired) electrons. The Kier molecular flexibility index (Phi) is 5.42. The lowest BCUT2D eigenvalue weighted by atomic mass is 10.0. The van der Waals surface area contributed by atoms with Crippen molar-refractivity contribution in [3.8, 4) is 11.8 Å².